The lowest BCUT2D eigenvalue weighted by atomic mass is 9.98. The van der Waals surface area contributed by atoms with Crippen LogP contribution in [0.1, 0.15) is 47.6 Å². The maximum Gasteiger partial charge on any atom is 0.255 e. The van der Waals surface area contributed by atoms with Crippen molar-refractivity contribution >= 4 is 28.7 Å². The zero-order chi connectivity index (χ0) is 24.7. The third-order valence-electron chi connectivity index (χ3n) is 6.87. The first-order valence-corrected chi connectivity index (χ1v) is 11.6. The van der Waals surface area contributed by atoms with E-state index in [0.29, 0.717) is 48.3 Å². The number of rotatable bonds is 5. The Morgan fingerprint density at radius 2 is 2.11 bits per heavy atom. The Morgan fingerprint density at radius 1 is 1.29 bits per heavy atom. The second-order valence-electron chi connectivity index (χ2n) is 9.24. The number of amides is 2. The molecule has 2 atom stereocenters. The molecule has 0 saturated carbocycles. The van der Waals surface area contributed by atoms with Crippen LogP contribution in [0.25, 0.3) is 11.0 Å². The highest BCUT2D eigenvalue weighted by molar-refractivity contribution is 5.99. The van der Waals surface area contributed by atoms with E-state index in [0.717, 1.165) is 18.6 Å². The van der Waals surface area contributed by atoms with Crippen molar-refractivity contribution in [1.29, 1.82) is 0 Å². The van der Waals surface area contributed by atoms with Gasteiger partial charge in [-0.05, 0) is 43.5 Å². The van der Waals surface area contributed by atoms with Crippen molar-refractivity contribution in [2.75, 3.05) is 31.6 Å². The summed E-state index contributed by atoms with van der Waals surface area (Å²) < 4.78 is 28.4. The Morgan fingerprint density at radius 3 is 2.91 bits per heavy atom. The van der Waals surface area contributed by atoms with E-state index < -0.39 is 23.3 Å². The summed E-state index contributed by atoms with van der Waals surface area (Å²) in [6.07, 6.45) is 3.07. The zero-order valence-corrected chi connectivity index (χ0v) is 19.2. The van der Waals surface area contributed by atoms with E-state index in [1.54, 1.807) is 6.07 Å². The minimum Gasteiger partial charge on any atom is -0.387 e. The van der Waals surface area contributed by atoms with Crippen LogP contribution in [-0.2, 0) is 4.79 Å². The molecule has 2 aliphatic rings. The average Bonchev–Trinajstić information content (AvgIpc) is 3.57. The standard InChI is InChI=1S/C24H26F2N6O3/c1-27-20(33)11-24(35)6-8-31(13-24)23(34)14-9-17-21(28-12-14)29-30-22(17)32-7-2-3-19(32)16-10-15(25)4-5-18(16)26/h4-5,9-10,12,19,35H,2-3,6-8,11,13H2,1H3,(H,27,33)(H,28,29,30)/t19-,24?/m1/s1. The van der Waals surface area contributed by atoms with Crippen LogP contribution in [0.5, 0.6) is 0 Å². The van der Waals surface area contributed by atoms with E-state index >= 15 is 0 Å². The van der Waals surface area contributed by atoms with Gasteiger partial charge in [0.2, 0.25) is 5.91 Å². The van der Waals surface area contributed by atoms with Crippen molar-refractivity contribution in [2.24, 2.45) is 0 Å². The number of nitrogens with one attached hydrogen (secondary N) is 2. The lowest BCUT2D eigenvalue weighted by molar-refractivity contribution is -0.125. The van der Waals surface area contributed by atoms with Crippen LogP contribution in [0.4, 0.5) is 14.6 Å². The van der Waals surface area contributed by atoms with Gasteiger partial charge in [0.25, 0.3) is 5.91 Å². The number of carbonyl (C=O) groups is 2. The highest BCUT2D eigenvalue weighted by Gasteiger charge is 2.40. The van der Waals surface area contributed by atoms with Crippen molar-refractivity contribution < 1.29 is 23.5 Å². The van der Waals surface area contributed by atoms with E-state index in [1.807, 2.05) is 4.90 Å². The van der Waals surface area contributed by atoms with Crippen LogP contribution in [0, 0.1) is 11.6 Å². The van der Waals surface area contributed by atoms with E-state index in [-0.39, 0.29) is 30.3 Å². The van der Waals surface area contributed by atoms with E-state index in [2.05, 4.69) is 20.5 Å². The molecule has 11 heteroatoms. The Hall–Kier alpha value is -3.60. The summed E-state index contributed by atoms with van der Waals surface area (Å²) in [7, 11) is 1.50. The number of pyridine rings is 1. The van der Waals surface area contributed by atoms with Crippen LogP contribution in [0.3, 0.4) is 0 Å². The number of anilines is 1. The quantitative estimate of drug-likeness (QED) is 0.512. The number of likely N-dealkylation sites (tertiary alicyclic amines) is 1. The number of fused-ring (bicyclic) bond motifs is 1. The third-order valence-corrected chi connectivity index (χ3v) is 6.87. The Labute approximate surface area is 200 Å². The fraction of sp³-hybridized carbons (Fsp3) is 0.417. The molecule has 0 aliphatic carbocycles. The van der Waals surface area contributed by atoms with Crippen molar-refractivity contribution in [3.05, 3.63) is 53.2 Å². The Balaban J connectivity index is 1.42. The summed E-state index contributed by atoms with van der Waals surface area (Å²) in [6.45, 7) is 0.954. The maximum absolute atomic E-state index is 14.5. The van der Waals surface area contributed by atoms with Gasteiger partial charge in [0.15, 0.2) is 11.5 Å². The number of H-pyrrole nitrogens is 1. The number of carbonyl (C=O) groups excluding carboxylic acids is 2. The summed E-state index contributed by atoms with van der Waals surface area (Å²) >= 11 is 0. The van der Waals surface area contributed by atoms with E-state index in [4.69, 9.17) is 0 Å². The molecule has 2 fully saturated rings. The molecule has 2 aliphatic heterocycles. The highest BCUT2D eigenvalue weighted by Crippen LogP contribution is 2.39. The second-order valence-corrected chi connectivity index (χ2v) is 9.24. The topological polar surface area (TPSA) is 114 Å². The number of hydrogen-bond donors (Lipinski definition) is 3. The summed E-state index contributed by atoms with van der Waals surface area (Å²) in [6, 6.07) is 4.72. The fourth-order valence-electron chi connectivity index (χ4n) is 5.08. The lowest BCUT2D eigenvalue weighted by Crippen LogP contribution is -2.39. The first-order valence-electron chi connectivity index (χ1n) is 11.6. The molecule has 0 bridgehead atoms. The number of hydrogen-bond acceptors (Lipinski definition) is 6. The minimum absolute atomic E-state index is 0.0442. The first kappa shape index (κ1) is 23.2. The molecular formula is C24H26F2N6O3. The molecule has 0 radical (unpaired) electrons. The van der Waals surface area contributed by atoms with Crippen molar-refractivity contribution in [2.45, 2.75) is 37.3 Å². The zero-order valence-electron chi connectivity index (χ0n) is 19.2. The Bertz CT molecular complexity index is 1300. The molecular weight excluding hydrogens is 458 g/mol. The number of nitrogens with zero attached hydrogens (tertiary/aromatic N) is 4. The number of β-amino-alcohol motifs (C(OH)–C–C–N with tert-alkyl or cyclic N) is 1. The largest absolute Gasteiger partial charge is 0.387 e. The molecule has 4 heterocycles. The molecule has 2 aromatic heterocycles. The van der Waals surface area contributed by atoms with E-state index in [1.165, 1.54) is 24.2 Å². The van der Waals surface area contributed by atoms with Gasteiger partial charge in [0.1, 0.15) is 11.6 Å². The number of aliphatic hydroxyl groups is 1. The summed E-state index contributed by atoms with van der Waals surface area (Å²) in [5, 5.41) is 21.0. The van der Waals surface area contributed by atoms with Crippen molar-refractivity contribution in [1.82, 2.24) is 25.4 Å². The van der Waals surface area contributed by atoms with Crippen LogP contribution in [0.15, 0.2) is 30.5 Å². The molecule has 0 spiro atoms. The van der Waals surface area contributed by atoms with Crippen molar-refractivity contribution in [3.8, 4) is 0 Å². The van der Waals surface area contributed by atoms with Gasteiger partial charge in [0, 0.05) is 31.9 Å². The van der Waals surface area contributed by atoms with Crippen molar-refractivity contribution in [3.63, 3.8) is 0 Å². The molecule has 184 valence electrons. The molecule has 1 aromatic carbocycles. The number of aromatic nitrogens is 3. The smallest absolute Gasteiger partial charge is 0.255 e. The second kappa shape index (κ2) is 8.88. The van der Waals surface area contributed by atoms with Crippen LogP contribution >= 0.6 is 0 Å². The molecule has 3 aromatic rings. The Kier molecular flexibility index (Phi) is 5.87. The summed E-state index contributed by atoms with van der Waals surface area (Å²) in [4.78, 5) is 32.7. The maximum atomic E-state index is 14.5. The first-order chi connectivity index (χ1) is 16.8. The van der Waals surface area contributed by atoms with Gasteiger partial charge in [-0.3, -0.25) is 14.7 Å². The van der Waals surface area contributed by atoms with Gasteiger partial charge in [-0.2, -0.15) is 5.10 Å². The van der Waals surface area contributed by atoms with Gasteiger partial charge in [-0.25, -0.2) is 13.8 Å². The molecule has 2 saturated heterocycles. The summed E-state index contributed by atoms with van der Waals surface area (Å²) in [5.41, 5.74) is -0.214. The SMILES string of the molecule is CNC(=O)CC1(O)CCN(C(=O)c2cnc3[nH]nc(N4CCC[C@@H]4c4cc(F)ccc4F)c3c2)C1. The third kappa shape index (κ3) is 4.31. The molecule has 9 nitrogen and oxygen atoms in total. The van der Waals surface area contributed by atoms with E-state index in [9.17, 15) is 23.5 Å². The number of halogens is 2. The predicted octanol–water partition coefficient (Wildman–Crippen LogP) is 2.29. The van der Waals surface area contributed by atoms with Gasteiger partial charge in [-0.1, -0.05) is 0 Å². The van der Waals surface area contributed by atoms with Crippen LogP contribution < -0.4 is 10.2 Å². The van der Waals surface area contributed by atoms with Gasteiger partial charge < -0.3 is 20.2 Å². The predicted molar refractivity (Wildman–Crippen MR) is 124 cm³/mol. The minimum atomic E-state index is -1.27. The molecule has 3 N–H and O–H groups in total. The number of aromatic amines is 1. The van der Waals surface area contributed by atoms with Gasteiger partial charge >= 0.3 is 0 Å². The molecule has 1 unspecified atom stereocenters. The highest BCUT2D eigenvalue weighted by atomic mass is 19.1. The lowest BCUT2D eigenvalue weighted by Gasteiger charge is -2.25. The van der Waals surface area contributed by atoms with Gasteiger partial charge in [0.05, 0.1) is 35.6 Å². The van der Waals surface area contributed by atoms with Gasteiger partial charge in [-0.15, -0.1) is 0 Å². The molecule has 5 rings (SSSR count). The monoisotopic (exact) mass is 484 g/mol. The fourth-order valence-corrected chi connectivity index (χ4v) is 5.08. The number of benzene rings is 1. The molecule has 2 amide bonds. The summed E-state index contributed by atoms with van der Waals surface area (Å²) in [5.74, 6) is -1.06. The normalized spacial score (nSPS) is 22.2. The van der Waals surface area contributed by atoms with Crippen LogP contribution in [0.2, 0.25) is 0 Å². The average molecular weight is 485 g/mol. The molecule has 35 heavy (non-hydrogen) atoms. The van der Waals surface area contributed by atoms with Crippen LogP contribution in [-0.4, -0.2) is 69.3 Å².